The van der Waals surface area contributed by atoms with E-state index in [-0.39, 0.29) is 11.6 Å². The van der Waals surface area contributed by atoms with Gasteiger partial charge in [-0.3, -0.25) is 0 Å². The summed E-state index contributed by atoms with van der Waals surface area (Å²) in [7, 11) is 1.71. The van der Waals surface area contributed by atoms with Crippen molar-refractivity contribution in [2.75, 3.05) is 13.7 Å². The highest BCUT2D eigenvalue weighted by atomic mass is 79.9. The summed E-state index contributed by atoms with van der Waals surface area (Å²) in [4.78, 5) is 0. The number of ether oxygens (including phenoxy) is 2. The fraction of sp³-hybridized carbons (Fsp3) is 0.538. The molecule has 0 saturated heterocycles. The van der Waals surface area contributed by atoms with Gasteiger partial charge in [0.25, 0.3) is 0 Å². The van der Waals surface area contributed by atoms with Crippen LogP contribution in [0.3, 0.4) is 0 Å². The van der Waals surface area contributed by atoms with Gasteiger partial charge in [-0.1, -0.05) is 15.9 Å². The van der Waals surface area contributed by atoms with Crippen LogP contribution >= 0.6 is 15.9 Å². The normalized spacial score (nSPS) is 27.4. The first kappa shape index (κ1) is 12.9. The van der Waals surface area contributed by atoms with Gasteiger partial charge in [-0.2, -0.15) is 0 Å². The van der Waals surface area contributed by atoms with Gasteiger partial charge < -0.3 is 15.2 Å². The molecule has 17 heavy (non-hydrogen) atoms. The van der Waals surface area contributed by atoms with Crippen LogP contribution in [0.25, 0.3) is 0 Å². The van der Waals surface area contributed by atoms with Crippen LogP contribution in [0.4, 0.5) is 0 Å². The molecule has 3 nitrogen and oxygen atoms in total. The molecule has 0 radical (unpaired) electrons. The van der Waals surface area contributed by atoms with E-state index in [2.05, 4.69) is 22.9 Å². The number of hydrogen-bond acceptors (Lipinski definition) is 3. The predicted molar refractivity (Wildman–Crippen MR) is 71.2 cm³/mol. The zero-order valence-corrected chi connectivity index (χ0v) is 11.8. The van der Waals surface area contributed by atoms with Gasteiger partial charge in [-0.25, -0.2) is 0 Å². The smallest absolute Gasteiger partial charge is 0.124 e. The Hall–Kier alpha value is -0.580. The van der Waals surface area contributed by atoms with E-state index >= 15 is 0 Å². The van der Waals surface area contributed by atoms with E-state index in [1.807, 2.05) is 18.2 Å². The minimum Gasteiger partial charge on any atom is -0.487 e. The summed E-state index contributed by atoms with van der Waals surface area (Å²) in [5.74, 6) is 0.894. The number of nitrogens with two attached hydrogens (primary N) is 1. The van der Waals surface area contributed by atoms with E-state index in [4.69, 9.17) is 15.2 Å². The molecule has 0 aromatic heterocycles. The highest BCUT2D eigenvalue weighted by Gasteiger charge is 2.35. The molecular formula is C13H18BrNO2. The molecule has 2 rings (SSSR count). The van der Waals surface area contributed by atoms with Crippen LogP contribution in [0.5, 0.6) is 5.75 Å². The third kappa shape index (κ3) is 2.81. The molecule has 2 N–H and O–H groups in total. The van der Waals surface area contributed by atoms with Crippen LogP contribution in [-0.4, -0.2) is 19.3 Å². The Bertz CT molecular complexity index is 410. The maximum atomic E-state index is 6.22. The van der Waals surface area contributed by atoms with Crippen LogP contribution < -0.4 is 10.5 Å². The first-order valence-corrected chi connectivity index (χ1v) is 6.56. The quantitative estimate of drug-likeness (QED) is 0.933. The SMILES string of the molecule is COCCC1(C)CC(N)c2cc(Br)ccc2O1. The third-order valence-electron chi connectivity index (χ3n) is 3.21. The van der Waals surface area contributed by atoms with E-state index in [0.717, 1.165) is 28.6 Å². The topological polar surface area (TPSA) is 44.5 Å². The molecule has 0 aliphatic carbocycles. The number of rotatable bonds is 3. The van der Waals surface area contributed by atoms with Crippen LogP contribution in [0.1, 0.15) is 31.4 Å². The first-order chi connectivity index (χ1) is 8.04. The van der Waals surface area contributed by atoms with Gasteiger partial charge in [0.15, 0.2) is 0 Å². The number of fused-ring (bicyclic) bond motifs is 1. The lowest BCUT2D eigenvalue weighted by Crippen LogP contribution is -2.41. The molecule has 94 valence electrons. The molecule has 1 aromatic carbocycles. The van der Waals surface area contributed by atoms with Crippen molar-refractivity contribution in [1.29, 1.82) is 0 Å². The summed E-state index contributed by atoms with van der Waals surface area (Å²) in [6, 6.07) is 6.02. The molecule has 0 spiro atoms. The molecular weight excluding hydrogens is 282 g/mol. The number of benzene rings is 1. The second kappa shape index (κ2) is 4.96. The lowest BCUT2D eigenvalue weighted by molar-refractivity contribution is 0.0215. The Morgan fingerprint density at radius 2 is 2.35 bits per heavy atom. The van der Waals surface area contributed by atoms with E-state index in [1.54, 1.807) is 7.11 Å². The summed E-state index contributed by atoms with van der Waals surface area (Å²) in [5, 5.41) is 0. The molecule has 0 saturated carbocycles. The standard InChI is InChI=1S/C13H18BrNO2/c1-13(5-6-16-2)8-11(15)10-7-9(14)3-4-12(10)17-13/h3-4,7,11H,5-6,8,15H2,1-2H3. The zero-order valence-electron chi connectivity index (χ0n) is 10.2. The van der Waals surface area contributed by atoms with Crippen LogP contribution in [0.15, 0.2) is 22.7 Å². The summed E-state index contributed by atoms with van der Waals surface area (Å²) in [6.07, 6.45) is 1.67. The number of halogens is 1. The molecule has 1 aliphatic heterocycles. The Kier molecular flexibility index (Phi) is 3.76. The molecule has 1 aliphatic rings. The fourth-order valence-corrected chi connectivity index (χ4v) is 2.63. The van der Waals surface area contributed by atoms with Gasteiger partial charge in [-0.05, 0) is 25.1 Å². The van der Waals surface area contributed by atoms with Crippen molar-refractivity contribution in [3.8, 4) is 5.75 Å². The maximum Gasteiger partial charge on any atom is 0.124 e. The lowest BCUT2D eigenvalue weighted by Gasteiger charge is -2.38. The molecule has 0 bridgehead atoms. The summed E-state index contributed by atoms with van der Waals surface area (Å²) >= 11 is 3.46. The Balaban J connectivity index is 2.23. The zero-order chi connectivity index (χ0) is 12.5. The highest BCUT2D eigenvalue weighted by Crippen LogP contribution is 2.40. The molecule has 2 unspecified atom stereocenters. The predicted octanol–water partition coefficient (Wildman–Crippen LogP) is 3.03. The van der Waals surface area contributed by atoms with E-state index < -0.39 is 0 Å². The second-order valence-corrected chi connectivity index (χ2v) is 5.70. The molecule has 1 aromatic rings. The average Bonchev–Trinajstić information content (AvgIpc) is 2.28. The van der Waals surface area contributed by atoms with E-state index in [9.17, 15) is 0 Å². The Morgan fingerprint density at radius 3 is 3.06 bits per heavy atom. The minimum absolute atomic E-state index is 0.0260. The van der Waals surface area contributed by atoms with Crippen molar-refractivity contribution < 1.29 is 9.47 Å². The van der Waals surface area contributed by atoms with Crippen molar-refractivity contribution in [2.24, 2.45) is 5.73 Å². The Morgan fingerprint density at radius 1 is 1.59 bits per heavy atom. The minimum atomic E-state index is -0.226. The van der Waals surface area contributed by atoms with E-state index in [1.165, 1.54) is 0 Å². The second-order valence-electron chi connectivity index (χ2n) is 4.79. The van der Waals surface area contributed by atoms with Crippen molar-refractivity contribution >= 4 is 15.9 Å². The van der Waals surface area contributed by atoms with Crippen LogP contribution in [0, 0.1) is 0 Å². The molecule has 0 amide bonds. The van der Waals surface area contributed by atoms with Gasteiger partial charge in [0.05, 0.1) is 0 Å². The third-order valence-corrected chi connectivity index (χ3v) is 3.71. The first-order valence-electron chi connectivity index (χ1n) is 5.77. The average molecular weight is 300 g/mol. The summed E-state index contributed by atoms with van der Waals surface area (Å²) in [6.45, 7) is 2.78. The lowest BCUT2D eigenvalue weighted by atomic mass is 9.87. The number of hydrogen-bond donors (Lipinski definition) is 1. The summed E-state index contributed by atoms with van der Waals surface area (Å²) < 4.78 is 12.2. The fourth-order valence-electron chi connectivity index (χ4n) is 2.26. The highest BCUT2D eigenvalue weighted by molar-refractivity contribution is 9.10. The van der Waals surface area contributed by atoms with Crippen LogP contribution in [-0.2, 0) is 4.74 Å². The van der Waals surface area contributed by atoms with Crippen molar-refractivity contribution in [3.63, 3.8) is 0 Å². The molecule has 2 atom stereocenters. The van der Waals surface area contributed by atoms with Crippen LogP contribution in [0.2, 0.25) is 0 Å². The van der Waals surface area contributed by atoms with Crippen molar-refractivity contribution in [3.05, 3.63) is 28.2 Å². The van der Waals surface area contributed by atoms with Gasteiger partial charge in [0.1, 0.15) is 11.4 Å². The monoisotopic (exact) mass is 299 g/mol. The van der Waals surface area contributed by atoms with Crippen molar-refractivity contribution in [2.45, 2.75) is 31.4 Å². The molecule has 1 heterocycles. The maximum absolute atomic E-state index is 6.22. The van der Waals surface area contributed by atoms with Gasteiger partial charge in [0.2, 0.25) is 0 Å². The van der Waals surface area contributed by atoms with Crippen molar-refractivity contribution in [1.82, 2.24) is 0 Å². The van der Waals surface area contributed by atoms with Gasteiger partial charge in [-0.15, -0.1) is 0 Å². The van der Waals surface area contributed by atoms with E-state index in [0.29, 0.717) is 6.61 Å². The summed E-state index contributed by atoms with van der Waals surface area (Å²) in [5.41, 5.74) is 7.07. The van der Waals surface area contributed by atoms with Gasteiger partial charge >= 0.3 is 0 Å². The Labute approximate surface area is 110 Å². The molecule has 0 fully saturated rings. The van der Waals surface area contributed by atoms with Gasteiger partial charge in [0, 0.05) is 42.6 Å². The number of methoxy groups -OCH3 is 1. The molecule has 4 heteroatoms. The largest absolute Gasteiger partial charge is 0.487 e.